The number of carboxylic acids is 1. The topological polar surface area (TPSA) is 75.6 Å². The summed E-state index contributed by atoms with van der Waals surface area (Å²) in [4.78, 5) is 24.2. The van der Waals surface area contributed by atoms with Crippen molar-refractivity contribution in [2.24, 2.45) is 5.92 Å². The quantitative estimate of drug-likeness (QED) is 0.866. The van der Waals surface area contributed by atoms with Crippen molar-refractivity contribution in [1.82, 2.24) is 5.32 Å². The summed E-state index contributed by atoms with van der Waals surface area (Å²) >= 11 is 0. The Bertz CT molecular complexity index is 555. The lowest BCUT2D eigenvalue weighted by Crippen LogP contribution is -2.45. The Morgan fingerprint density at radius 2 is 1.75 bits per heavy atom. The van der Waals surface area contributed by atoms with Gasteiger partial charge in [-0.1, -0.05) is 37.8 Å². The normalized spacial score (nSPS) is 22.8. The average Bonchev–Trinajstić information content (AvgIpc) is 2.56. The largest absolute Gasteiger partial charge is 0.497 e. The second-order valence-electron chi connectivity index (χ2n) is 6.55. The van der Waals surface area contributed by atoms with E-state index in [-0.39, 0.29) is 17.9 Å². The van der Waals surface area contributed by atoms with Crippen LogP contribution in [0, 0.1) is 5.92 Å². The van der Waals surface area contributed by atoms with Crippen molar-refractivity contribution in [3.05, 3.63) is 29.8 Å². The Balaban J connectivity index is 2.05. The summed E-state index contributed by atoms with van der Waals surface area (Å²) in [5.74, 6) is -0.985. The molecule has 0 bridgehead atoms. The number of carbonyl (C=O) groups excluding carboxylic acids is 1. The number of hydrogen-bond donors (Lipinski definition) is 2. The lowest BCUT2D eigenvalue weighted by molar-refractivity contribution is -0.143. The molecule has 1 amide bonds. The van der Waals surface area contributed by atoms with E-state index in [4.69, 9.17) is 4.74 Å². The first-order valence-corrected chi connectivity index (χ1v) is 8.70. The van der Waals surface area contributed by atoms with Crippen molar-refractivity contribution in [2.75, 3.05) is 7.11 Å². The van der Waals surface area contributed by atoms with E-state index in [0.29, 0.717) is 6.42 Å². The molecule has 3 unspecified atom stereocenters. The average molecular weight is 333 g/mol. The number of methoxy groups -OCH3 is 1. The van der Waals surface area contributed by atoms with E-state index in [1.807, 2.05) is 31.2 Å². The molecule has 0 radical (unpaired) electrons. The van der Waals surface area contributed by atoms with Crippen LogP contribution >= 0.6 is 0 Å². The molecule has 1 fully saturated rings. The van der Waals surface area contributed by atoms with Gasteiger partial charge in [-0.25, -0.2) is 0 Å². The van der Waals surface area contributed by atoms with Crippen molar-refractivity contribution in [2.45, 2.75) is 57.4 Å². The van der Waals surface area contributed by atoms with Crippen LogP contribution in [-0.2, 0) is 9.59 Å². The van der Waals surface area contributed by atoms with Crippen molar-refractivity contribution in [3.63, 3.8) is 0 Å². The first-order valence-electron chi connectivity index (χ1n) is 8.70. The smallest absolute Gasteiger partial charge is 0.308 e. The summed E-state index contributed by atoms with van der Waals surface area (Å²) in [7, 11) is 1.60. The highest BCUT2D eigenvalue weighted by Crippen LogP contribution is 2.25. The van der Waals surface area contributed by atoms with Gasteiger partial charge >= 0.3 is 5.97 Å². The van der Waals surface area contributed by atoms with Crippen LogP contribution in [0.25, 0.3) is 0 Å². The highest BCUT2D eigenvalue weighted by Gasteiger charge is 2.31. The van der Waals surface area contributed by atoms with Crippen molar-refractivity contribution in [3.8, 4) is 5.75 Å². The zero-order valence-corrected chi connectivity index (χ0v) is 14.5. The first-order chi connectivity index (χ1) is 11.5. The van der Waals surface area contributed by atoms with Crippen molar-refractivity contribution >= 4 is 11.9 Å². The van der Waals surface area contributed by atoms with Gasteiger partial charge in [0, 0.05) is 6.04 Å². The fraction of sp³-hybridized carbons (Fsp3) is 0.579. The van der Waals surface area contributed by atoms with E-state index < -0.39 is 11.9 Å². The van der Waals surface area contributed by atoms with Gasteiger partial charge in [-0.3, -0.25) is 9.59 Å². The Hall–Kier alpha value is -2.04. The van der Waals surface area contributed by atoms with Crippen LogP contribution in [0.3, 0.4) is 0 Å². The monoisotopic (exact) mass is 333 g/mol. The van der Waals surface area contributed by atoms with Crippen LogP contribution in [0.4, 0.5) is 0 Å². The minimum Gasteiger partial charge on any atom is -0.497 e. The number of ether oxygens (including phenoxy) is 1. The molecule has 5 nitrogen and oxygen atoms in total. The van der Waals surface area contributed by atoms with E-state index in [1.54, 1.807) is 7.11 Å². The first kappa shape index (κ1) is 18.3. The zero-order valence-electron chi connectivity index (χ0n) is 14.5. The van der Waals surface area contributed by atoms with Crippen LogP contribution in [-0.4, -0.2) is 30.1 Å². The van der Waals surface area contributed by atoms with Crippen molar-refractivity contribution < 1.29 is 19.4 Å². The second-order valence-corrected chi connectivity index (χ2v) is 6.55. The van der Waals surface area contributed by atoms with Crippen LogP contribution in [0.15, 0.2) is 24.3 Å². The van der Waals surface area contributed by atoms with Crippen LogP contribution in [0.1, 0.15) is 56.9 Å². The van der Waals surface area contributed by atoms with Gasteiger partial charge in [0.25, 0.3) is 0 Å². The maximum absolute atomic E-state index is 12.6. The summed E-state index contributed by atoms with van der Waals surface area (Å²) in [5, 5.41) is 12.5. The number of benzene rings is 1. The molecule has 1 aromatic rings. The molecule has 1 saturated carbocycles. The van der Waals surface area contributed by atoms with Crippen molar-refractivity contribution in [1.29, 1.82) is 0 Å². The fourth-order valence-electron chi connectivity index (χ4n) is 3.30. The van der Waals surface area contributed by atoms with E-state index in [1.165, 1.54) is 0 Å². The highest BCUT2D eigenvalue weighted by atomic mass is 16.5. The second kappa shape index (κ2) is 8.71. The molecule has 2 rings (SSSR count). The minimum atomic E-state index is -0.806. The molecular formula is C19H27NO4. The van der Waals surface area contributed by atoms with Gasteiger partial charge in [0.05, 0.1) is 18.9 Å². The van der Waals surface area contributed by atoms with Gasteiger partial charge in [0.15, 0.2) is 0 Å². The lowest BCUT2D eigenvalue weighted by atomic mass is 9.86. The standard InChI is InChI=1S/C19H27NO4/c1-13(14-9-11-15(24-2)12-10-14)18(21)20-17-8-6-4-3-5-7-16(17)19(22)23/h9-13,16-17H,3-8H2,1-2H3,(H,20,21)(H,22,23). The molecule has 0 aromatic heterocycles. The molecule has 24 heavy (non-hydrogen) atoms. The van der Waals surface area contributed by atoms with E-state index >= 15 is 0 Å². The summed E-state index contributed by atoms with van der Waals surface area (Å²) in [6.45, 7) is 1.84. The van der Waals surface area contributed by atoms with Gasteiger partial charge in [-0.05, 0) is 37.5 Å². The number of hydrogen-bond acceptors (Lipinski definition) is 3. The Kier molecular flexibility index (Phi) is 6.64. The Morgan fingerprint density at radius 1 is 1.12 bits per heavy atom. The maximum atomic E-state index is 12.6. The molecule has 132 valence electrons. The highest BCUT2D eigenvalue weighted by molar-refractivity contribution is 5.84. The molecule has 1 aliphatic carbocycles. The summed E-state index contributed by atoms with van der Waals surface area (Å²) in [6.07, 6.45) is 5.43. The predicted molar refractivity (Wildman–Crippen MR) is 92.2 cm³/mol. The summed E-state index contributed by atoms with van der Waals surface area (Å²) < 4.78 is 5.13. The number of rotatable bonds is 5. The lowest BCUT2D eigenvalue weighted by Gasteiger charge is -2.28. The number of amides is 1. The van der Waals surface area contributed by atoms with E-state index in [2.05, 4.69) is 5.32 Å². The number of nitrogens with one attached hydrogen (secondary N) is 1. The van der Waals surface area contributed by atoms with Gasteiger partial charge < -0.3 is 15.2 Å². The molecule has 0 aliphatic heterocycles. The summed E-state index contributed by atoms with van der Waals surface area (Å²) in [6, 6.07) is 7.12. The van der Waals surface area contributed by atoms with E-state index in [9.17, 15) is 14.7 Å². The maximum Gasteiger partial charge on any atom is 0.308 e. The molecule has 3 atom stereocenters. The number of aliphatic carboxylic acids is 1. The van der Waals surface area contributed by atoms with Crippen LogP contribution in [0.5, 0.6) is 5.75 Å². The minimum absolute atomic E-state index is 0.114. The predicted octanol–water partition coefficient (Wildman–Crippen LogP) is 3.34. The third-order valence-electron chi connectivity index (χ3n) is 4.92. The fourth-order valence-corrected chi connectivity index (χ4v) is 3.30. The van der Waals surface area contributed by atoms with Gasteiger partial charge in [0.1, 0.15) is 5.75 Å². The molecule has 2 N–H and O–H groups in total. The Labute approximate surface area is 143 Å². The van der Waals surface area contributed by atoms with Gasteiger partial charge in [-0.2, -0.15) is 0 Å². The SMILES string of the molecule is COc1ccc(C(C)C(=O)NC2CCCCCCC2C(=O)O)cc1. The third-order valence-corrected chi connectivity index (χ3v) is 4.92. The van der Waals surface area contributed by atoms with Gasteiger partial charge in [0.2, 0.25) is 5.91 Å². The Morgan fingerprint density at radius 3 is 2.33 bits per heavy atom. The van der Waals surface area contributed by atoms with Crippen LogP contribution < -0.4 is 10.1 Å². The molecular weight excluding hydrogens is 306 g/mol. The zero-order chi connectivity index (χ0) is 17.5. The molecule has 0 saturated heterocycles. The number of carbonyl (C=O) groups is 2. The molecule has 1 aromatic carbocycles. The van der Waals surface area contributed by atoms with E-state index in [0.717, 1.165) is 43.4 Å². The third kappa shape index (κ3) is 4.73. The van der Waals surface area contributed by atoms with Crippen LogP contribution in [0.2, 0.25) is 0 Å². The molecule has 0 spiro atoms. The summed E-state index contributed by atoms with van der Waals surface area (Å²) in [5.41, 5.74) is 0.894. The molecule has 1 aliphatic rings. The number of carboxylic acid groups (broad SMARTS) is 1. The molecule has 5 heteroatoms. The molecule has 0 heterocycles. The van der Waals surface area contributed by atoms with Gasteiger partial charge in [-0.15, -0.1) is 0 Å².